The number of carbonyl (C=O) groups is 4. The number of fused-ring (bicyclic) bond motifs is 1. The van der Waals surface area contributed by atoms with Gasteiger partial charge >= 0.3 is 0 Å². The third-order valence-electron chi connectivity index (χ3n) is 8.94. The topological polar surface area (TPSA) is 168 Å². The zero-order valence-corrected chi connectivity index (χ0v) is 26.8. The first kappa shape index (κ1) is 33.9. The van der Waals surface area contributed by atoms with E-state index in [4.69, 9.17) is 11.5 Å². The molecule has 4 aromatic carbocycles. The van der Waals surface area contributed by atoms with E-state index in [9.17, 15) is 24.3 Å². The van der Waals surface area contributed by atoms with Gasteiger partial charge < -0.3 is 32.1 Å². The molecule has 0 saturated carbocycles. The van der Waals surface area contributed by atoms with E-state index in [1.807, 2.05) is 91.9 Å². The fourth-order valence-corrected chi connectivity index (χ4v) is 6.05. The van der Waals surface area contributed by atoms with Crippen molar-refractivity contribution < 1.29 is 24.3 Å². The lowest BCUT2D eigenvalue weighted by Crippen LogP contribution is -2.60. The van der Waals surface area contributed by atoms with Gasteiger partial charge in [-0.1, -0.05) is 104 Å². The van der Waals surface area contributed by atoms with Crippen LogP contribution in [0, 0.1) is 0 Å². The maximum Gasteiger partial charge on any atom is 0.243 e. The molecule has 5 rings (SSSR count). The summed E-state index contributed by atoms with van der Waals surface area (Å²) < 4.78 is 0. The standard InChI is InChI=1S/C38H41N5O5/c1-24(27-16-18-30(44)19-17-27)34(39)38(48)43-23-29-15-9-8-14-28(29)22-33(43)37(47)42-32(21-26-12-6-3-7-13-26)36(46)41-31(35(40)45)20-25-10-4-2-5-11-25/h2-19,24,31-34,44H,20-23,39H2,1H3,(H2,40,45)(H,41,46)(H,42,47)/t24-,31+,32+,33-,34+/m1/s1. The number of rotatable bonds is 12. The van der Waals surface area contributed by atoms with Gasteiger partial charge in [0.2, 0.25) is 23.6 Å². The molecule has 1 aliphatic heterocycles. The molecule has 10 heteroatoms. The highest BCUT2D eigenvalue weighted by atomic mass is 16.3. The highest BCUT2D eigenvalue weighted by Gasteiger charge is 2.39. The van der Waals surface area contributed by atoms with E-state index in [0.717, 1.165) is 27.8 Å². The van der Waals surface area contributed by atoms with Gasteiger partial charge in [0, 0.05) is 31.7 Å². The van der Waals surface area contributed by atoms with Crippen molar-refractivity contribution in [1.82, 2.24) is 15.5 Å². The van der Waals surface area contributed by atoms with Gasteiger partial charge in [-0.2, -0.15) is 0 Å². The maximum absolute atomic E-state index is 14.2. The normalized spacial score (nSPS) is 16.5. The molecule has 248 valence electrons. The molecule has 1 aliphatic rings. The van der Waals surface area contributed by atoms with E-state index in [1.54, 1.807) is 12.1 Å². The van der Waals surface area contributed by atoms with Crippen LogP contribution in [0.25, 0.3) is 0 Å². The zero-order chi connectivity index (χ0) is 34.2. The molecule has 1 heterocycles. The van der Waals surface area contributed by atoms with Crippen LogP contribution in [0.2, 0.25) is 0 Å². The number of phenolic OH excluding ortho intramolecular Hbond substituents is 1. The molecule has 0 aliphatic carbocycles. The monoisotopic (exact) mass is 647 g/mol. The second kappa shape index (κ2) is 15.4. The largest absolute Gasteiger partial charge is 0.508 e. The molecule has 0 fully saturated rings. The average Bonchev–Trinajstić information content (AvgIpc) is 3.10. The molecule has 4 amide bonds. The Labute approximate surface area is 280 Å². The molecule has 0 unspecified atom stereocenters. The van der Waals surface area contributed by atoms with Gasteiger partial charge in [-0.25, -0.2) is 0 Å². The van der Waals surface area contributed by atoms with Crippen molar-refractivity contribution in [2.24, 2.45) is 11.5 Å². The van der Waals surface area contributed by atoms with Gasteiger partial charge in [0.1, 0.15) is 23.9 Å². The van der Waals surface area contributed by atoms with Crippen molar-refractivity contribution in [2.45, 2.75) is 62.8 Å². The molecule has 0 aromatic heterocycles. The van der Waals surface area contributed by atoms with Crippen LogP contribution in [-0.2, 0) is 45.0 Å². The third kappa shape index (κ3) is 8.26. The van der Waals surface area contributed by atoms with Crippen LogP contribution in [0.3, 0.4) is 0 Å². The van der Waals surface area contributed by atoms with Crippen LogP contribution in [0.5, 0.6) is 5.75 Å². The number of hydrogen-bond acceptors (Lipinski definition) is 6. The summed E-state index contributed by atoms with van der Waals surface area (Å²) >= 11 is 0. The lowest BCUT2D eigenvalue weighted by molar-refractivity contribution is -0.144. The number of amides is 4. The second-order valence-electron chi connectivity index (χ2n) is 12.3. The molecule has 7 N–H and O–H groups in total. The molecule has 0 saturated heterocycles. The summed E-state index contributed by atoms with van der Waals surface area (Å²) in [5.41, 5.74) is 16.4. The molecule has 0 radical (unpaired) electrons. The van der Waals surface area contributed by atoms with E-state index in [1.165, 1.54) is 17.0 Å². The number of primary amides is 1. The van der Waals surface area contributed by atoms with Gasteiger partial charge in [0.15, 0.2) is 0 Å². The average molecular weight is 648 g/mol. The minimum Gasteiger partial charge on any atom is -0.508 e. The van der Waals surface area contributed by atoms with Crippen LogP contribution >= 0.6 is 0 Å². The second-order valence-corrected chi connectivity index (χ2v) is 12.3. The molecule has 10 nitrogen and oxygen atoms in total. The van der Waals surface area contributed by atoms with E-state index in [2.05, 4.69) is 10.6 Å². The number of benzene rings is 4. The molecule has 0 bridgehead atoms. The van der Waals surface area contributed by atoms with Crippen LogP contribution in [0.4, 0.5) is 0 Å². The first-order valence-corrected chi connectivity index (χ1v) is 16.0. The lowest BCUT2D eigenvalue weighted by Gasteiger charge is -2.39. The number of nitrogens with two attached hydrogens (primary N) is 2. The smallest absolute Gasteiger partial charge is 0.243 e. The minimum absolute atomic E-state index is 0.103. The number of hydrogen-bond donors (Lipinski definition) is 5. The van der Waals surface area contributed by atoms with Crippen LogP contribution < -0.4 is 22.1 Å². The number of carbonyl (C=O) groups excluding carboxylic acids is 4. The zero-order valence-electron chi connectivity index (χ0n) is 26.8. The molecule has 48 heavy (non-hydrogen) atoms. The molecule has 4 aromatic rings. The van der Waals surface area contributed by atoms with Gasteiger partial charge in [0.05, 0.1) is 6.04 Å². The van der Waals surface area contributed by atoms with Gasteiger partial charge in [-0.3, -0.25) is 19.2 Å². The molecular weight excluding hydrogens is 606 g/mol. The van der Waals surface area contributed by atoms with Crippen molar-refractivity contribution in [2.75, 3.05) is 0 Å². The van der Waals surface area contributed by atoms with Crippen LogP contribution in [0.15, 0.2) is 109 Å². The minimum atomic E-state index is -1.07. The van der Waals surface area contributed by atoms with Gasteiger partial charge in [-0.05, 0) is 39.9 Å². The highest BCUT2D eigenvalue weighted by Crippen LogP contribution is 2.28. The van der Waals surface area contributed by atoms with Gasteiger partial charge in [-0.15, -0.1) is 0 Å². The first-order valence-electron chi connectivity index (χ1n) is 16.0. The Hall–Kier alpha value is -5.48. The van der Waals surface area contributed by atoms with Crippen molar-refractivity contribution in [3.8, 4) is 5.75 Å². The van der Waals surface area contributed by atoms with Crippen molar-refractivity contribution in [3.05, 3.63) is 137 Å². The number of nitrogens with one attached hydrogen (secondary N) is 2. The van der Waals surface area contributed by atoms with E-state index in [-0.39, 0.29) is 31.6 Å². The van der Waals surface area contributed by atoms with Crippen molar-refractivity contribution in [1.29, 1.82) is 0 Å². The summed E-state index contributed by atoms with van der Waals surface area (Å²) in [5, 5.41) is 15.4. The number of aromatic hydroxyl groups is 1. The predicted molar refractivity (Wildman–Crippen MR) is 182 cm³/mol. The summed E-state index contributed by atoms with van der Waals surface area (Å²) in [7, 11) is 0. The van der Waals surface area contributed by atoms with Crippen LogP contribution in [-0.4, -0.2) is 57.8 Å². The summed E-state index contributed by atoms with van der Waals surface area (Å²) in [6.45, 7) is 1.99. The fraction of sp³-hybridized carbons (Fsp3) is 0.263. The number of nitrogens with zero attached hydrogens (tertiary/aromatic N) is 1. The van der Waals surface area contributed by atoms with Gasteiger partial charge in [0.25, 0.3) is 0 Å². The molecular formula is C38H41N5O5. The Morgan fingerprint density at radius 1 is 0.771 bits per heavy atom. The third-order valence-corrected chi connectivity index (χ3v) is 8.94. The van der Waals surface area contributed by atoms with Crippen molar-refractivity contribution >= 4 is 23.6 Å². The SMILES string of the molecule is C[C@H](c1ccc(O)cc1)[C@H](N)C(=O)N1Cc2ccccc2C[C@@H]1C(=O)N[C@@H](Cc1ccccc1)C(=O)N[C@@H](Cc1ccccc1)C(N)=O. The Morgan fingerprint density at radius 3 is 1.90 bits per heavy atom. The Kier molecular flexibility index (Phi) is 10.9. The summed E-state index contributed by atoms with van der Waals surface area (Å²) in [4.78, 5) is 56.0. The summed E-state index contributed by atoms with van der Waals surface area (Å²) in [6.07, 6.45) is 0.558. The Bertz CT molecular complexity index is 1730. The highest BCUT2D eigenvalue weighted by molar-refractivity contribution is 5.95. The first-order chi connectivity index (χ1) is 23.1. The summed E-state index contributed by atoms with van der Waals surface area (Å²) in [6, 6.07) is 28.5. The fourth-order valence-electron chi connectivity index (χ4n) is 6.05. The lowest BCUT2D eigenvalue weighted by atomic mass is 9.89. The predicted octanol–water partition coefficient (Wildman–Crippen LogP) is 2.72. The number of phenols is 1. The maximum atomic E-state index is 14.2. The Balaban J connectivity index is 1.40. The van der Waals surface area contributed by atoms with Crippen LogP contribution in [0.1, 0.15) is 40.7 Å². The van der Waals surface area contributed by atoms with E-state index >= 15 is 0 Å². The molecule has 5 atom stereocenters. The van der Waals surface area contributed by atoms with E-state index in [0.29, 0.717) is 0 Å². The quantitative estimate of drug-likeness (QED) is 0.159. The Morgan fingerprint density at radius 2 is 1.31 bits per heavy atom. The summed E-state index contributed by atoms with van der Waals surface area (Å²) in [5.74, 6) is -2.51. The molecule has 0 spiro atoms. The van der Waals surface area contributed by atoms with E-state index < -0.39 is 53.7 Å². The van der Waals surface area contributed by atoms with Crippen molar-refractivity contribution in [3.63, 3.8) is 0 Å².